The van der Waals surface area contributed by atoms with Crippen molar-refractivity contribution in [3.05, 3.63) is 36.4 Å². The number of amides is 1. The number of para-hydroxylation sites is 2. The van der Waals surface area contributed by atoms with E-state index in [2.05, 4.69) is 24.9 Å². The Balaban J connectivity index is 1.09. The predicted octanol–water partition coefficient (Wildman–Crippen LogP) is 1.57. The topological polar surface area (TPSA) is 174 Å². The van der Waals surface area contributed by atoms with Crippen molar-refractivity contribution in [2.45, 2.75) is 56.3 Å². The van der Waals surface area contributed by atoms with Crippen LogP contribution in [-0.4, -0.2) is 76.3 Å². The summed E-state index contributed by atoms with van der Waals surface area (Å²) in [6.45, 7) is 3.27. The number of likely N-dealkylation sites (tertiary alicyclic amines) is 1. The van der Waals surface area contributed by atoms with Crippen molar-refractivity contribution in [1.82, 2.24) is 34.4 Å². The van der Waals surface area contributed by atoms with Crippen molar-refractivity contribution in [1.29, 1.82) is 0 Å². The fourth-order valence-electron chi connectivity index (χ4n) is 5.81. The quantitative estimate of drug-likeness (QED) is 0.321. The average molecular weight is 506 g/mol. The first-order chi connectivity index (χ1) is 17.7. The highest BCUT2D eigenvalue weighted by atomic mass is 16.5. The molecule has 1 spiro atoms. The number of aromatic amines is 1. The molecule has 4 aromatic rings. The second-order valence-electron chi connectivity index (χ2n) is 10.4. The third-order valence-electron chi connectivity index (χ3n) is 7.79. The molecule has 0 bridgehead atoms. The molecule has 0 saturated carbocycles. The predicted molar refractivity (Wildman–Crippen MR) is 137 cm³/mol. The van der Waals surface area contributed by atoms with Gasteiger partial charge in [-0.05, 0) is 31.9 Å². The zero-order valence-electron chi connectivity index (χ0n) is 20.7. The van der Waals surface area contributed by atoms with Gasteiger partial charge in [0.05, 0.1) is 41.2 Å². The second-order valence-corrected chi connectivity index (χ2v) is 10.4. The van der Waals surface area contributed by atoms with E-state index in [1.165, 1.54) is 0 Å². The maximum absolute atomic E-state index is 12.9. The summed E-state index contributed by atoms with van der Waals surface area (Å²) in [5, 5.41) is 11.5. The highest BCUT2D eigenvalue weighted by molar-refractivity contribution is 5.82. The van der Waals surface area contributed by atoms with E-state index >= 15 is 0 Å². The summed E-state index contributed by atoms with van der Waals surface area (Å²) in [5.41, 5.74) is 13.0. The monoisotopic (exact) mass is 505 g/mol. The number of nitrogens with one attached hydrogen (secondary N) is 1. The lowest BCUT2D eigenvalue weighted by atomic mass is 9.75. The van der Waals surface area contributed by atoms with Crippen molar-refractivity contribution in [3.63, 3.8) is 0 Å². The van der Waals surface area contributed by atoms with Crippen molar-refractivity contribution < 1.29 is 14.6 Å². The molecule has 12 heteroatoms. The third-order valence-corrected chi connectivity index (χ3v) is 7.79. The molecule has 6 rings (SSSR count). The Hall–Kier alpha value is -3.77. The van der Waals surface area contributed by atoms with Crippen LogP contribution in [0, 0.1) is 0 Å². The number of nitrogen functional groups attached to an aromatic ring is 2. The summed E-state index contributed by atoms with van der Waals surface area (Å²) >= 11 is 0. The van der Waals surface area contributed by atoms with E-state index in [0.29, 0.717) is 56.4 Å². The van der Waals surface area contributed by atoms with Gasteiger partial charge in [-0.3, -0.25) is 4.79 Å². The van der Waals surface area contributed by atoms with E-state index in [0.717, 1.165) is 16.9 Å². The van der Waals surface area contributed by atoms with Crippen LogP contribution >= 0.6 is 0 Å². The number of anilines is 2. The summed E-state index contributed by atoms with van der Waals surface area (Å²) in [6, 6.07) is 7.43. The minimum absolute atomic E-state index is 0.0527. The van der Waals surface area contributed by atoms with Gasteiger partial charge < -0.3 is 35.8 Å². The van der Waals surface area contributed by atoms with Crippen LogP contribution in [0.15, 0.2) is 30.6 Å². The fourth-order valence-corrected chi connectivity index (χ4v) is 5.81. The summed E-state index contributed by atoms with van der Waals surface area (Å²) < 4.78 is 8.18. The Morgan fingerprint density at radius 2 is 2.00 bits per heavy atom. The molecule has 0 unspecified atom stereocenters. The molecule has 2 atom stereocenters. The standard InChI is InChI=1S/C25H31N9O3/c1-24(36)13-25(37-12-17(24)34-14-28-20-21(26)31-23(27)32-22(20)34)8-10-33(11-9-25)19(35)7-6-18-29-15-4-2-3-5-16(15)30-18/h2-5,14,17,36H,6-13H2,1H3,(H,29,30)(H4,26,27,31,32)/t17-,24-/m1/s1. The molecule has 194 valence electrons. The lowest BCUT2D eigenvalue weighted by Crippen LogP contribution is -2.58. The molecule has 2 saturated heterocycles. The number of aromatic nitrogens is 6. The zero-order chi connectivity index (χ0) is 25.8. The smallest absolute Gasteiger partial charge is 0.224 e. The molecular formula is C25H31N9O3. The van der Waals surface area contributed by atoms with E-state index in [-0.39, 0.29) is 24.3 Å². The summed E-state index contributed by atoms with van der Waals surface area (Å²) in [4.78, 5) is 35.2. The van der Waals surface area contributed by atoms with E-state index in [4.69, 9.17) is 16.2 Å². The van der Waals surface area contributed by atoms with Gasteiger partial charge in [0, 0.05) is 32.4 Å². The van der Waals surface area contributed by atoms with E-state index < -0.39 is 17.2 Å². The molecule has 2 aliphatic rings. The van der Waals surface area contributed by atoms with Crippen molar-refractivity contribution in [2.24, 2.45) is 0 Å². The number of carbonyl (C=O) groups excluding carboxylic acids is 1. The van der Waals surface area contributed by atoms with Gasteiger partial charge in [-0.15, -0.1) is 0 Å². The highest BCUT2D eigenvalue weighted by Gasteiger charge is 2.50. The van der Waals surface area contributed by atoms with Gasteiger partial charge in [0.15, 0.2) is 11.5 Å². The van der Waals surface area contributed by atoms with Crippen LogP contribution < -0.4 is 11.5 Å². The molecule has 2 aliphatic heterocycles. The molecule has 6 N–H and O–H groups in total. The van der Waals surface area contributed by atoms with Gasteiger partial charge in [-0.25, -0.2) is 9.97 Å². The molecule has 1 aromatic carbocycles. The number of hydrogen-bond donors (Lipinski definition) is 4. The van der Waals surface area contributed by atoms with Crippen LogP contribution in [0.5, 0.6) is 0 Å². The Kier molecular flexibility index (Phi) is 5.53. The number of hydrogen-bond acceptors (Lipinski definition) is 9. The largest absolute Gasteiger partial charge is 0.388 e. The fraction of sp³-hybridized carbons (Fsp3) is 0.480. The van der Waals surface area contributed by atoms with Gasteiger partial charge in [-0.1, -0.05) is 12.1 Å². The normalized spacial score (nSPS) is 23.7. The van der Waals surface area contributed by atoms with Crippen molar-refractivity contribution in [3.8, 4) is 0 Å². The van der Waals surface area contributed by atoms with Gasteiger partial charge in [0.2, 0.25) is 11.9 Å². The lowest BCUT2D eigenvalue weighted by molar-refractivity contribution is -0.196. The molecule has 1 amide bonds. The lowest BCUT2D eigenvalue weighted by Gasteiger charge is -2.51. The number of aryl methyl sites for hydroxylation is 1. The number of nitrogens with zero attached hydrogens (tertiary/aromatic N) is 6. The zero-order valence-corrected chi connectivity index (χ0v) is 20.7. The van der Waals surface area contributed by atoms with E-state index in [1.54, 1.807) is 10.9 Å². The Labute approximate surface area is 213 Å². The van der Waals surface area contributed by atoms with Gasteiger partial charge >= 0.3 is 0 Å². The first kappa shape index (κ1) is 23.6. The SMILES string of the molecule is C[C@@]1(O)CC2(CCN(C(=O)CCc3nc4ccccc4[nH]3)CC2)OC[C@H]1n1cnc2c(N)nc(N)nc21. The number of nitrogens with two attached hydrogens (primary N) is 2. The van der Waals surface area contributed by atoms with E-state index in [9.17, 15) is 9.90 Å². The number of piperidine rings is 1. The highest BCUT2D eigenvalue weighted by Crippen LogP contribution is 2.44. The van der Waals surface area contributed by atoms with Crippen molar-refractivity contribution >= 4 is 39.9 Å². The first-order valence-corrected chi connectivity index (χ1v) is 12.6. The van der Waals surface area contributed by atoms with Crippen LogP contribution in [0.4, 0.5) is 11.8 Å². The van der Waals surface area contributed by atoms with Crippen molar-refractivity contribution in [2.75, 3.05) is 31.2 Å². The molecule has 0 aliphatic carbocycles. The molecular weight excluding hydrogens is 474 g/mol. The van der Waals surface area contributed by atoms with Crippen LogP contribution in [-0.2, 0) is 16.0 Å². The molecule has 0 radical (unpaired) electrons. The maximum Gasteiger partial charge on any atom is 0.224 e. The Bertz CT molecular complexity index is 1440. The molecule has 5 heterocycles. The second kappa shape index (κ2) is 8.67. The van der Waals surface area contributed by atoms with Crippen LogP contribution in [0.25, 0.3) is 22.2 Å². The number of rotatable bonds is 4. The number of H-pyrrole nitrogens is 1. The summed E-state index contributed by atoms with van der Waals surface area (Å²) in [5.74, 6) is 1.18. The number of ether oxygens (including phenoxy) is 1. The summed E-state index contributed by atoms with van der Waals surface area (Å²) in [6.07, 6.45) is 4.33. The number of carbonyl (C=O) groups is 1. The average Bonchev–Trinajstić information content (AvgIpc) is 3.46. The van der Waals surface area contributed by atoms with Crippen LogP contribution in [0.1, 0.15) is 44.5 Å². The van der Waals surface area contributed by atoms with Crippen LogP contribution in [0.3, 0.4) is 0 Å². The minimum Gasteiger partial charge on any atom is -0.388 e. The van der Waals surface area contributed by atoms with Crippen LogP contribution in [0.2, 0.25) is 0 Å². The minimum atomic E-state index is -1.09. The molecule has 2 fully saturated rings. The number of aliphatic hydroxyl groups is 1. The molecule has 12 nitrogen and oxygen atoms in total. The number of fused-ring (bicyclic) bond motifs is 2. The third kappa shape index (κ3) is 4.25. The van der Waals surface area contributed by atoms with Gasteiger partial charge in [0.1, 0.15) is 11.3 Å². The van der Waals surface area contributed by atoms with Gasteiger partial charge in [-0.2, -0.15) is 9.97 Å². The number of imidazole rings is 2. The first-order valence-electron chi connectivity index (χ1n) is 12.6. The van der Waals surface area contributed by atoms with Gasteiger partial charge in [0.25, 0.3) is 0 Å². The Morgan fingerprint density at radius 1 is 1.22 bits per heavy atom. The Morgan fingerprint density at radius 3 is 2.76 bits per heavy atom. The molecule has 3 aromatic heterocycles. The molecule has 37 heavy (non-hydrogen) atoms. The number of benzene rings is 1. The maximum atomic E-state index is 12.9. The summed E-state index contributed by atoms with van der Waals surface area (Å²) in [7, 11) is 0. The van der Waals surface area contributed by atoms with E-state index in [1.807, 2.05) is 36.1 Å².